The molecule has 1 heterocycles. The Morgan fingerprint density at radius 3 is 2.33 bits per heavy atom. The molecule has 2 aromatic carbocycles. The molecule has 4 heteroatoms. The van der Waals surface area contributed by atoms with Crippen LogP contribution in [-0.2, 0) is 0 Å². The van der Waals surface area contributed by atoms with Gasteiger partial charge in [0.1, 0.15) is 11.6 Å². The lowest BCUT2D eigenvalue weighted by Gasteiger charge is -2.11. The quantitative estimate of drug-likeness (QED) is 0.721. The molecule has 0 radical (unpaired) electrons. The van der Waals surface area contributed by atoms with Gasteiger partial charge in [0.2, 0.25) is 0 Å². The summed E-state index contributed by atoms with van der Waals surface area (Å²) in [6.07, 6.45) is 0. The highest BCUT2D eigenvalue weighted by Crippen LogP contribution is 2.17. The van der Waals surface area contributed by atoms with Crippen LogP contribution in [0.3, 0.4) is 0 Å². The molecule has 0 unspecified atom stereocenters. The van der Waals surface area contributed by atoms with Crippen molar-refractivity contribution < 1.29 is 4.39 Å². The summed E-state index contributed by atoms with van der Waals surface area (Å²) in [6.45, 7) is 1.69. The number of hydrogen-bond donors (Lipinski definition) is 0. The number of rotatable bonds is 2. The molecule has 0 aliphatic rings. The number of aromatic nitrogens is 2. The third kappa shape index (κ3) is 2.48. The van der Waals surface area contributed by atoms with Crippen LogP contribution in [0.4, 0.5) is 4.39 Å². The maximum atomic E-state index is 13.9. The maximum Gasteiger partial charge on any atom is 0.258 e. The molecule has 0 aliphatic heterocycles. The van der Waals surface area contributed by atoms with Crippen molar-refractivity contribution in [1.29, 1.82) is 0 Å². The molecular weight excluding hydrogens is 267 g/mol. The van der Waals surface area contributed by atoms with Crippen LogP contribution < -0.4 is 5.56 Å². The van der Waals surface area contributed by atoms with Crippen LogP contribution in [0.25, 0.3) is 16.9 Å². The van der Waals surface area contributed by atoms with E-state index in [1.165, 1.54) is 16.7 Å². The molecule has 0 N–H and O–H groups in total. The Morgan fingerprint density at radius 2 is 1.67 bits per heavy atom. The lowest BCUT2D eigenvalue weighted by Crippen LogP contribution is -2.22. The van der Waals surface area contributed by atoms with E-state index in [0.29, 0.717) is 11.5 Å². The summed E-state index contributed by atoms with van der Waals surface area (Å²) in [6, 6.07) is 17.0. The van der Waals surface area contributed by atoms with Crippen LogP contribution in [0, 0.1) is 12.7 Å². The standard InChI is InChI=1S/C17H13FN2O/c1-12-19-15(13-7-3-2-4-8-13)11-17(21)20(12)16-10-6-5-9-14(16)18/h2-11H,1H3. The van der Waals surface area contributed by atoms with E-state index in [4.69, 9.17) is 0 Å². The van der Waals surface area contributed by atoms with E-state index in [0.717, 1.165) is 5.56 Å². The van der Waals surface area contributed by atoms with Gasteiger partial charge in [0.15, 0.2) is 0 Å². The van der Waals surface area contributed by atoms with E-state index in [2.05, 4.69) is 4.98 Å². The average Bonchev–Trinajstić information content (AvgIpc) is 2.49. The maximum absolute atomic E-state index is 13.9. The molecule has 0 fully saturated rings. The minimum atomic E-state index is -0.447. The van der Waals surface area contributed by atoms with Crippen molar-refractivity contribution in [2.24, 2.45) is 0 Å². The third-order valence-corrected chi connectivity index (χ3v) is 3.25. The molecule has 0 saturated carbocycles. The summed E-state index contributed by atoms with van der Waals surface area (Å²) in [5.41, 5.74) is 1.36. The molecule has 21 heavy (non-hydrogen) atoms. The van der Waals surface area contributed by atoms with Gasteiger partial charge in [0.05, 0.1) is 11.4 Å². The smallest absolute Gasteiger partial charge is 0.258 e. The molecule has 3 aromatic rings. The Labute approximate surface area is 121 Å². The van der Waals surface area contributed by atoms with Gasteiger partial charge in [-0.3, -0.25) is 9.36 Å². The predicted molar refractivity (Wildman–Crippen MR) is 80.0 cm³/mol. The van der Waals surface area contributed by atoms with Gasteiger partial charge < -0.3 is 0 Å². The Hall–Kier alpha value is -2.75. The van der Waals surface area contributed by atoms with Gasteiger partial charge in [-0.15, -0.1) is 0 Å². The van der Waals surface area contributed by atoms with Gasteiger partial charge in [-0.25, -0.2) is 9.37 Å². The van der Waals surface area contributed by atoms with E-state index < -0.39 is 5.82 Å². The second kappa shape index (κ2) is 5.32. The Balaban J connectivity index is 2.19. The molecular formula is C17H13FN2O. The molecule has 3 nitrogen and oxygen atoms in total. The highest BCUT2D eigenvalue weighted by atomic mass is 19.1. The summed E-state index contributed by atoms with van der Waals surface area (Å²) in [4.78, 5) is 16.8. The Bertz CT molecular complexity index is 841. The SMILES string of the molecule is Cc1nc(-c2ccccc2)cc(=O)n1-c1ccccc1F. The van der Waals surface area contributed by atoms with Crippen LogP contribution in [0.2, 0.25) is 0 Å². The lowest BCUT2D eigenvalue weighted by molar-refractivity contribution is 0.612. The van der Waals surface area contributed by atoms with Crippen LogP contribution >= 0.6 is 0 Å². The fourth-order valence-electron chi connectivity index (χ4n) is 2.28. The third-order valence-electron chi connectivity index (χ3n) is 3.25. The highest BCUT2D eigenvalue weighted by Gasteiger charge is 2.11. The first kappa shape index (κ1) is 13.2. The number of benzene rings is 2. The summed E-state index contributed by atoms with van der Waals surface area (Å²) >= 11 is 0. The van der Waals surface area contributed by atoms with E-state index >= 15 is 0 Å². The van der Waals surface area contributed by atoms with Crippen molar-refractivity contribution in [3.05, 3.63) is 82.7 Å². The predicted octanol–water partition coefficient (Wildman–Crippen LogP) is 3.35. The van der Waals surface area contributed by atoms with Crippen molar-refractivity contribution in [1.82, 2.24) is 9.55 Å². The first-order chi connectivity index (χ1) is 10.2. The van der Waals surface area contributed by atoms with Gasteiger partial charge in [-0.05, 0) is 19.1 Å². The number of hydrogen-bond acceptors (Lipinski definition) is 2. The number of halogens is 1. The molecule has 0 saturated heterocycles. The lowest BCUT2D eigenvalue weighted by atomic mass is 10.1. The second-order valence-electron chi connectivity index (χ2n) is 4.68. The zero-order valence-electron chi connectivity index (χ0n) is 11.5. The highest BCUT2D eigenvalue weighted by molar-refractivity contribution is 5.58. The molecule has 104 valence electrons. The van der Waals surface area contributed by atoms with Gasteiger partial charge >= 0.3 is 0 Å². The van der Waals surface area contributed by atoms with Crippen LogP contribution in [0.15, 0.2) is 65.5 Å². The van der Waals surface area contributed by atoms with Crippen molar-refractivity contribution >= 4 is 0 Å². The van der Waals surface area contributed by atoms with Crippen LogP contribution in [0.5, 0.6) is 0 Å². The van der Waals surface area contributed by atoms with Gasteiger partial charge in [-0.2, -0.15) is 0 Å². The van der Waals surface area contributed by atoms with Crippen molar-refractivity contribution in [2.45, 2.75) is 6.92 Å². The number of nitrogens with zero attached hydrogens (tertiary/aromatic N) is 2. The van der Waals surface area contributed by atoms with Crippen molar-refractivity contribution in [3.63, 3.8) is 0 Å². The second-order valence-corrected chi connectivity index (χ2v) is 4.68. The van der Waals surface area contributed by atoms with E-state index in [1.807, 2.05) is 30.3 Å². The molecule has 0 atom stereocenters. The summed E-state index contributed by atoms with van der Waals surface area (Å²) in [5, 5.41) is 0. The number of para-hydroxylation sites is 1. The van der Waals surface area contributed by atoms with Crippen molar-refractivity contribution in [2.75, 3.05) is 0 Å². The molecule has 0 aliphatic carbocycles. The van der Waals surface area contributed by atoms with Crippen molar-refractivity contribution in [3.8, 4) is 16.9 Å². The largest absolute Gasteiger partial charge is 0.269 e. The molecule has 3 rings (SSSR count). The van der Waals surface area contributed by atoms with Gasteiger partial charge in [0.25, 0.3) is 5.56 Å². The van der Waals surface area contributed by atoms with Crippen LogP contribution in [0.1, 0.15) is 5.82 Å². The van der Waals surface area contributed by atoms with Crippen LogP contribution in [-0.4, -0.2) is 9.55 Å². The summed E-state index contributed by atoms with van der Waals surface area (Å²) in [5.74, 6) is 0.00316. The first-order valence-corrected chi connectivity index (χ1v) is 6.58. The molecule has 0 spiro atoms. The minimum absolute atomic E-state index is 0.215. The fraction of sp³-hybridized carbons (Fsp3) is 0.0588. The zero-order valence-corrected chi connectivity index (χ0v) is 11.5. The van der Waals surface area contributed by atoms with E-state index in [-0.39, 0.29) is 11.2 Å². The van der Waals surface area contributed by atoms with Gasteiger partial charge in [0, 0.05) is 11.6 Å². The average molecular weight is 280 g/mol. The van der Waals surface area contributed by atoms with E-state index in [1.54, 1.807) is 25.1 Å². The first-order valence-electron chi connectivity index (χ1n) is 6.58. The Kier molecular flexibility index (Phi) is 3.36. The summed E-state index contributed by atoms with van der Waals surface area (Å²) < 4.78 is 15.2. The monoisotopic (exact) mass is 280 g/mol. The van der Waals surface area contributed by atoms with E-state index in [9.17, 15) is 9.18 Å². The molecule has 1 aromatic heterocycles. The molecule has 0 bridgehead atoms. The topological polar surface area (TPSA) is 34.9 Å². The van der Waals surface area contributed by atoms with Gasteiger partial charge in [-0.1, -0.05) is 42.5 Å². The fourth-order valence-corrected chi connectivity index (χ4v) is 2.28. The number of aryl methyl sites for hydroxylation is 1. The zero-order chi connectivity index (χ0) is 14.8. The Morgan fingerprint density at radius 1 is 1.00 bits per heavy atom. The molecule has 0 amide bonds. The summed E-state index contributed by atoms with van der Waals surface area (Å²) in [7, 11) is 0. The normalized spacial score (nSPS) is 10.6. The minimum Gasteiger partial charge on any atom is -0.269 e.